The van der Waals surface area contributed by atoms with E-state index in [4.69, 9.17) is 4.74 Å². The van der Waals surface area contributed by atoms with Gasteiger partial charge in [0, 0.05) is 24.2 Å². The number of likely N-dealkylation sites (tertiary alicyclic amines) is 1. The van der Waals surface area contributed by atoms with Gasteiger partial charge in [0.25, 0.3) is 5.19 Å². The molecule has 1 unspecified atom stereocenters. The molecule has 1 saturated heterocycles. The second-order valence-corrected chi connectivity index (χ2v) is 5.31. The molecular formula is C11H14N4O2S. The van der Waals surface area contributed by atoms with Crippen molar-refractivity contribution in [2.75, 3.05) is 13.1 Å². The van der Waals surface area contributed by atoms with Gasteiger partial charge in [-0.05, 0) is 6.92 Å². The Morgan fingerprint density at radius 2 is 2.39 bits per heavy atom. The van der Waals surface area contributed by atoms with E-state index >= 15 is 0 Å². The number of ether oxygens (including phenoxy) is 1. The van der Waals surface area contributed by atoms with Gasteiger partial charge < -0.3 is 9.64 Å². The minimum atomic E-state index is -0.0322. The molecule has 2 aliphatic heterocycles. The summed E-state index contributed by atoms with van der Waals surface area (Å²) in [6, 6.07) is 0.131. The average Bonchev–Trinajstić information content (AvgIpc) is 2.93. The zero-order valence-corrected chi connectivity index (χ0v) is 10.8. The molecule has 7 heteroatoms. The normalized spacial score (nSPS) is 23.3. The summed E-state index contributed by atoms with van der Waals surface area (Å²) in [4.78, 5) is 17.9. The Hall–Kier alpha value is -1.63. The van der Waals surface area contributed by atoms with E-state index in [0.29, 0.717) is 18.3 Å². The molecular weight excluding hydrogens is 252 g/mol. The molecule has 0 spiro atoms. The summed E-state index contributed by atoms with van der Waals surface area (Å²) in [6.07, 6.45) is 4.38. The van der Waals surface area contributed by atoms with E-state index < -0.39 is 0 Å². The maximum Gasteiger partial charge on any atom is 0.340 e. The molecule has 0 saturated carbocycles. The van der Waals surface area contributed by atoms with Gasteiger partial charge in [0.1, 0.15) is 6.10 Å². The molecule has 2 aliphatic rings. The molecule has 0 bridgehead atoms. The van der Waals surface area contributed by atoms with Crippen molar-refractivity contribution in [2.45, 2.75) is 25.5 Å². The standard InChI is InChI=1S/C11H14N4O2S/c1-8-2-3-13-15(8)11(16)14-6-9(7-14)17-10-12-4-5-18-10/h3-5,8-9H,2,6-7H2,1H3. The zero-order chi connectivity index (χ0) is 12.5. The van der Waals surface area contributed by atoms with Crippen LogP contribution in [0.5, 0.6) is 5.19 Å². The first-order valence-corrected chi connectivity index (χ1v) is 6.78. The first-order chi connectivity index (χ1) is 8.74. The van der Waals surface area contributed by atoms with Crippen molar-refractivity contribution >= 4 is 23.6 Å². The van der Waals surface area contributed by atoms with Gasteiger partial charge in [0.2, 0.25) is 0 Å². The van der Waals surface area contributed by atoms with Crippen molar-refractivity contribution in [3.63, 3.8) is 0 Å². The topological polar surface area (TPSA) is 58.0 Å². The summed E-state index contributed by atoms with van der Waals surface area (Å²) in [5, 5.41) is 8.17. The molecule has 2 amide bonds. The first-order valence-electron chi connectivity index (χ1n) is 5.91. The fraction of sp³-hybridized carbons (Fsp3) is 0.545. The molecule has 1 fully saturated rings. The molecule has 3 heterocycles. The average molecular weight is 266 g/mol. The Morgan fingerprint density at radius 3 is 3.00 bits per heavy atom. The van der Waals surface area contributed by atoms with Crippen LogP contribution in [0, 0.1) is 0 Å². The van der Waals surface area contributed by atoms with E-state index in [9.17, 15) is 4.79 Å². The highest BCUT2D eigenvalue weighted by Crippen LogP contribution is 2.22. The fourth-order valence-electron chi connectivity index (χ4n) is 1.96. The minimum Gasteiger partial charge on any atom is -0.463 e. The number of hydrazone groups is 1. The summed E-state index contributed by atoms with van der Waals surface area (Å²) in [6.45, 7) is 3.21. The van der Waals surface area contributed by atoms with Crippen LogP contribution in [0.25, 0.3) is 0 Å². The minimum absolute atomic E-state index is 0.0322. The van der Waals surface area contributed by atoms with Crippen molar-refractivity contribution in [1.29, 1.82) is 0 Å². The number of hydrogen-bond donors (Lipinski definition) is 0. The van der Waals surface area contributed by atoms with Crippen molar-refractivity contribution in [3.05, 3.63) is 11.6 Å². The molecule has 0 aliphatic carbocycles. The lowest BCUT2D eigenvalue weighted by molar-refractivity contribution is 0.0285. The Kier molecular flexibility index (Phi) is 2.91. The first kappa shape index (κ1) is 11.5. The molecule has 96 valence electrons. The number of urea groups is 1. The fourth-order valence-corrected chi connectivity index (χ4v) is 2.52. The summed E-state index contributed by atoms with van der Waals surface area (Å²) in [7, 11) is 0. The van der Waals surface area contributed by atoms with Gasteiger partial charge in [-0.3, -0.25) is 0 Å². The molecule has 0 aromatic carbocycles. The highest BCUT2D eigenvalue weighted by Gasteiger charge is 2.37. The van der Waals surface area contributed by atoms with Crippen LogP contribution >= 0.6 is 11.3 Å². The lowest BCUT2D eigenvalue weighted by Gasteiger charge is -2.40. The van der Waals surface area contributed by atoms with E-state index in [1.54, 1.807) is 22.3 Å². The molecule has 1 atom stereocenters. The van der Waals surface area contributed by atoms with Crippen LogP contribution in [0.4, 0.5) is 4.79 Å². The van der Waals surface area contributed by atoms with Gasteiger partial charge in [-0.25, -0.2) is 14.8 Å². The largest absolute Gasteiger partial charge is 0.463 e. The van der Waals surface area contributed by atoms with Gasteiger partial charge >= 0.3 is 6.03 Å². The van der Waals surface area contributed by atoms with Crippen LogP contribution in [0.2, 0.25) is 0 Å². The highest BCUT2D eigenvalue weighted by molar-refractivity contribution is 7.11. The summed E-state index contributed by atoms with van der Waals surface area (Å²) >= 11 is 1.47. The van der Waals surface area contributed by atoms with E-state index in [2.05, 4.69) is 10.1 Å². The Balaban J connectivity index is 1.50. The Morgan fingerprint density at radius 1 is 1.56 bits per heavy atom. The molecule has 3 rings (SSSR count). The van der Waals surface area contributed by atoms with Gasteiger partial charge in [-0.2, -0.15) is 5.10 Å². The molecule has 18 heavy (non-hydrogen) atoms. The smallest absolute Gasteiger partial charge is 0.340 e. The lowest BCUT2D eigenvalue weighted by Crippen LogP contribution is -2.59. The van der Waals surface area contributed by atoms with E-state index in [0.717, 1.165) is 6.42 Å². The molecule has 0 radical (unpaired) electrons. The van der Waals surface area contributed by atoms with Gasteiger partial charge in [-0.1, -0.05) is 11.3 Å². The Bertz CT molecular complexity index is 456. The number of carbonyl (C=O) groups excluding carboxylic acids is 1. The number of carbonyl (C=O) groups is 1. The molecule has 6 nitrogen and oxygen atoms in total. The number of aromatic nitrogens is 1. The van der Waals surface area contributed by atoms with Crippen LogP contribution < -0.4 is 4.74 Å². The predicted octanol–water partition coefficient (Wildman–Crippen LogP) is 1.41. The number of hydrogen-bond acceptors (Lipinski definition) is 5. The van der Waals surface area contributed by atoms with Crippen LogP contribution in [0.3, 0.4) is 0 Å². The number of rotatable bonds is 2. The maximum atomic E-state index is 12.1. The number of nitrogens with zero attached hydrogens (tertiary/aromatic N) is 4. The van der Waals surface area contributed by atoms with E-state index in [1.165, 1.54) is 11.3 Å². The molecule has 1 aromatic rings. The summed E-state index contributed by atoms with van der Waals surface area (Å²) in [5.74, 6) is 0. The maximum absolute atomic E-state index is 12.1. The van der Waals surface area contributed by atoms with Crippen molar-refractivity contribution in [2.24, 2.45) is 5.10 Å². The van der Waals surface area contributed by atoms with Crippen molar-refractivity contribution in [3.8, 4) is 5.19 Å². The molecule has 0 N–H and O–H groups in total. The Labute approximate surface area is 109 Å². The van der Waals surface area contributed by atoms with Crippen molar-refractivity contribution < 1.29 is 9.53 Å². The van der Waals surface area contributed by atoms with Gasteiger partial charge in [0.15, 0.2) is 0 Å². The molecule has 1 aromatic heterocycles. The second-order valence-electron chi connectivity index (χ2n) is 4.45. The second kappa shape index (κ2) is 4.56. The quantitative estimate of drug-likeness (QED) is 0.813. The SMILES string of the molecule is CC1CC=NN1C(=O)N1CC(Oc2nccs2)C1. The zero-order valence-electron chi connectivity index (χ0n) is 10.0. The van der Waals surface area contributed by atoms with Gasteiger partial charge in [0.05, 0.1) is 19.1 Å². The van der Waals surface area contributed by atoms with Gasteiger partial charge in [-0.15, -0.1) is 0 Å². The number of thiazole rings is 1. The van der Waals surface area contributed by atoms with Crippen LogP contribution in [0.15, 0.2) is 16.7 Å². The third kappa shape index (κ3) is 2.05. The van der Waals surface area contributed by atoms with E-state index in [-0.39, 0.29) is 18.2 Å². The van der Waals surface area contributed by atoms with Crippen LogP contribution in [0.1, 0.15) is 13.3 Å². The summed E-state index contributed by atoms with van der Waals surface area (Å²) in [5.41, 5.74) is 0. The summed E-state index contributed by atoms with van der Waals surface area (Å²) < 4.78 is 5.62. The predicted molar refractivity (Wildman–Crippen MR) is 67.9 cm³/mol. The lowest BCUT2D eigenvalue weighted by atomic mass is 10.2. The van der Waals surface area contributed by atoms with E-state index in [1.807, 2.05) is 12.3 Å². The van der Waals surface area contributed by atoms with Crippen molar-refractivity contribution in [1.82, 2.24) is 14.9 Å². The highest BCUT2D eigenvalue weighted by atomic mass is 32.1. The van der Waals surface area contributed by atoms with Crippen LogP contribution in [-0.4, -0.2) is 52.4 Å². The third-order valence-corrected chi connectivity index (χ3v) is 3.72. The third-order valence-electron chi connectivity index (χ3n) is 3.06. The number of amides is 2. The van der Waals surface area contributed by atoms with Crippen LogP contribution in [-0.2, 0) is 0 Å². The monoisotopic (exact) mass is 266 g/mol.